The van der Waals surface area contributed by atoms with E-state index in [1.54, 1.807) is 18.9 Å². The van der Waals surface area contributed by atoms with E-state index in [1.165, 1.54) is 4.90 Å². The molecule has 43 heavy (non-hydrogen) atoms. The minimum Gasteiger partial charge on any atom is -0.489 e. The molecular formula is C33H44N6O4. The molecule has 1 N–H and O–H groups in total. The van der Waals surface area contributed by atoms with Crippen LogP contribution in [-0.4, -0.2) is 68.5 Å². The van der Waals surface area contributed by atoms with Crippen LogP contribution in [0.25, 0.3) is 0 Å². The smallest absolute Gasteiger partial charge is 0.243 e. The molecule has 0 radical (unpaired) electrons. The summed E-state index contributed by atoms with van der Waals surface area (Å²) in [6.45, 7) is 9.36. The Hall–Kier alpha value is -4.21. The highest BCUT2D eigenvalue weighted by molar-refractivity contribution is 5.87. The highest BCUT2D eigenvalue weighted by Gasteiger charge is 2.29. The number of carbonyl (C=O) groups excluding carboxylic acids is 3. The van der Waals surface area contributed by atoms with Crippen LogP contribution >= 0.6 is 0 Å². The minimum atomic E-state index is -0.646. The molecule has 0 spiro atoms. The number of benzene rings is 2. The fourth-order valence-electron chi connectivity index (χ4n) is 5.25. The lowest BCUT2D eigenvalue weighted by Gasteiger charge is -2.29. The van der Waals surface area contributed by atoms with Crippen molar-refractivity contribution in [1.29, 1.82) is 0 Å². The lowest BCUT2D eigenvalue weighted by Crippen LogP contribution is -2.47. The number of ether oxygens (including phenoxy) is 1. The number of aryl methyl sites for hydroxylation is 1. The average Bonchev–Trinajstić information content (AvgIpc) is 3.37. The van der Waals surface area contributed by atoms with Crippen LogP contribution < -0.4 is 10.1 Å². The molecule has 1 aliphatic rings. The molecule has 1 aliphatic heterocycles. The molecule has 1 aromatic heterocycles. The third-order valence-electron chi connectivity index (χ3n) is 7.80. The summed E-state index contributed by atoms with van der Waals surface area (Å²) in [5.41, 5.74) is 1.86. The van der Waals surface area contributed by atoms with E-state index in [4.69, 9.17) is 4.74 Å². The van der Waals surface area contributed by atoms with E-state index in [2.05, 4.69) is 29.2 Å². The van der Waals surface area contributed by atoms with E-state index in [0.717, 1.165) is 11.1 Å². The number of nitrogens with one attached hydrogen (secondary N) is 1. The summed E-state index contributed by atoms with van der Waals surface area (Å²) >= 11 is 0. The van der Waals surface area contributed by atoms with Crippen molar-refractivity contribution in [3.05, 3.63) is 77.4 Å². The largest absolute Gasteiger partial charge is 0.489 e. The summed E-state index contributed by atoms with van der Waals surface area (Å²) in [5, 5.41) is 7.75. The average molecular weight is 589 g/mol. The number of amides is 3. The Bertz CT molecular complexity index is 1390. The molecule has 0 aliphatic carbocycles. The van der Waals surface area contributed by atoms with Crippen molar-refractivity contribution < 1.29 is 19.1 Å². The van der Waals surface area contributed by atoms with E-state index in [1.807, 2.05) is 66.2 Å². The van der Waals surface area contributed by atoms with Crippen molar-refractivity contribution in [3.63, 3.8) is 0 Å². The summed E-state index contributed by atoms with van der Waals surface area (Å²) in [6, 6.07) is 16.5. The standard InChI is InChI=1S/C33H44N6O4/c1-23(2)20-28-32-34-25(4)36-39(32)19-18-38(17-11-16-30(40)37(5)24(3)33(42)35-28)31(41)21-27-14-9-10-15-29(27)43-22-26-12-7-6-8-13-26/h6-10,12-15,23-24,28H,11,16-22H2,1-5H3,(H,35,42)/t24-,28+/m0/s1. The maximum absolute atomic E-state index is 13.8. The fraction of sp³-hybridized carbons (Fsp3) is 0.485. The van der Waals surface area contributed by atoms with Gasteiger partial charge in [-0.1, -0.05) is 62.4 Å². The second-order valence-corrected chi connectivity index (χ2v) is 11.7. The molecule has 2 heterocycles. The third kappa shape index (κ3) is 8.65. The summed E-state index contributed by atoms with van der Waals surface area (Å²) in [4.78, 5) is 47.9. The van der Waals surface area contributed by atoms with E-state index < -0.39 is 6.04 Å². The summed E-state index contributed by atoms with van der Waals surface area (Å²) < 4.78 is 7.92. The number of rotatable bonds is 7. The molecule has 0 saturated carbocycles. The van der Waals surface area contributed by atoms with Crippen molar-refractivity contribution in [1.82, 2.24) is 29.9 Å². The number of para-hydroxylation sites is 1. The van der Waals surface area contributed by atoms with Gasteiger partial charge in [-0.25, -0.2) is 9.67 Å². The second kappa shape index (κ2) is 14.8. The Balaban J connectivity index is 1.56. The molecule has 0 saturated heterocycles. The van der Waals surface area contributed by atoms with Crippen LogP contribution in [0.15, 0.2) is 54.6 Å². The van der Waals surface area contributed by atoms with Crippen molar-refractivity contribution >= 4 is 17.7 Å². The van der Waals surface area contributed by atoms with Crippen LogP contribution in [0.1, 0.15) is 68.9 Å². The van der Waals surface area contributed by atoms with Gasteiger partial charge in [-0.2, -0.15) is 5.10 Å². The molecule has 2 atom stereocenters. The van der Waals surface area contributed by atoms with Crippen LogP contribution in [-0.2, 0) is 34.0 Å². The Morgan fingerprint density at radius 1 is 1.05 bits per heavy atom. The number of carbonyl (C=O) groups is 3. The highest BCUT2D eigenvalue weighted by atomic mass is 16.5. The van der Waals surface area contributed by atoms with Gasteiger partial charge in [-0.05, 0) is 44.2 Å². The van der Waals surface area contributed by atoms with Gasteiger partial charge in [-0.15, -0.1) is 0 Å². The molecule has 3 amide bonds. The van der Waals surface area contributed by atoms with Gasteiger partial charge in [0.15, 0.2) is 0 Å². The molecule has 0 unspecified atom stereocenters. The maximum Gasteiger partial charge on any atom is 0.243 e. The van der Waals surface area contributed by atoms with Gasteiger partial charge in [0.1, 0.15) is 30.0 Å². The molecule has 0 fully saturated rings. The van der Waals surface area contributed by atoms with Crippen LogP contribution in [0.2, 0.25) is 0 Å². The Morgan fingerprint density at radius 2 is 1.77 bits per heavy atom. The first-order chi connectivity index (χ1) is 20.6. The normalized spacial score (nSPS) is 18.7. The first-order valence-corrected chi connectivity index (χ1v) is 15.1. The number of hydrogen-bond donors (Lipinski definition) is 1. The lowest BCUT2D eigenvalue weighted by atomic mass is 10.0. The van der Waals surface area contributed by atoms with Crippen LogP contribution in [0, 0.1) is 12.8 Å². The predicted molar refractivity (Wildman–Crippen MR) is 164 cm³/mol. The number of nitrogens with zero attached hydrogens (tertiary/aromatic N) is 5. The molecular weight excluding hydrogens is 544 g/mol. The summed E-state index contributed by atoms with van der Waals surface area (Å²) in [5.74, 6) is 1.81. The number of aromatic nitrogens is 3. The SMILES string of the molecule is Cc1nc2n(n1)CCN(C(=O)Cc1ccccc1OCc1ccccc1)CCCC(=O)N(C)[C@@H](C)C(=O)N[C@@H]2CC(C)C. The zero-order valence-corrected chi connectivity index (χ0v) is 26.0. The van der Waals surface area contributed by atoms with Gasteiger partial charge < -0.3 is 19.9 Å². The van der Waals surface area contributed by atoms with Crippen molar-refractivity contribution in [2.75, 3.05) is 20.1 Å². The third-order valence-corrected chi connectivity index (χ3v) is 7.80. The predicted octanol–water partition coefficient (Wildman–Crippen LogP) is 4.08. The molecule has 4 rings (SSSR count). The second-order valence-electron chi connectivity index (χ2n) is 11.7. The zero-order chi connectivity index (χ0) is 30.9. The first kappa shape index (κ1) is 31.7. The summed E-state index contributed by atoms with van der Waals surface area (Å²) in [6.07, 6.45) is 1.55. The van der Waals surface area contributed by atoms with Crippen LogP contribution in [0.4, 0.5) is 0 Å². The number of likely N-dealkylation sites (N-methyl/N-ethyl adjacent to an activating group) is 1. The van der Waals surface area contributed by atoms with Crippen LogP contribution in [0.5, 0.6) is 5.75 Å². The van der Waals surface area contributed by atoms with Crippen molar-refractivity contribution in [3.8, 4) is 5.75 Å². The summed E-state index contributed by atoms with van der Waals surface area (Å²) in [7, 11) is 1.65. The van der Waals surface area contributed by atoms with Gasteiger partial charge in [0.25, 0.3) is 0 Å². The molecule has 3 aromatic rings. The quantitative estimate of drug-likeness (QED) is 0.446. The molecule has 10 nitrogen and oxygen atoms in total. The molecule has 230 valence electrons. The first-order valence-electron chi connectivity index (χ1n) is 15.1. The van der Waals surface area contributed by atoms with Gasteiger partial charge in [0.05, 0.1) is 19.0 Å². The van der Waals surface area contributed by atoms with E-state index in [-0.39, 0.29) is 42.5 Å². The zero-order valence-electron chi connectivity index (χ0n) is 26.0. The van der Waals surface area contributed by atoms with Crippen LogP contribution in [0.3, 0.4) is 0 Å². The highest BCUT2D eigenvalue weighted by Crippen LogP contribution is 2.23. The molecule has 0 bridgehead atoms. The molecule has 10 heteroatoms. The Labute approximate surface area is 254 Å². The van der Waals surface area contributed by atoms with Gasteiger partial charge in [0, 0.05) is 32.1 Å². The monoisotopic (exact) mass is 588 g/mol. The lowest BCUT2D eigenvalue weighted by molar-refractivity contribution is -0.139. The van der Waals surface area contributed by atoms with E-state index in [0.29, 0.717) is 56.5 Å². The number of fused-ring (bicyclic) bond motifs is 1. The maximum atomic E-state index is 13.8. The van der Waals surface area contributed by atoms with Crippen molar-refractivity contribution in [2.24, 2.45) is 5.92 Å². The van der Waals surface area contributed by atoms with E-state index >= 15 is 0 Å². The Kier molecular flexibility index (Phi) is 10.9. The number of hydrogen-bond acceptors (Lipinski definition) is 6. The van der Waals surface area contributed by atoms with Gasteiger partial charge in [0.2, 0.25) is 17.7 Å². The minimum absolute atomic E-state index is 0.0533. The molecule has 2 aromatic carbocycles. The van der Waals surface area contributed by atoms with Gasteiger partial charge >= 0.3 is 0 Å². The van der Waals surface area contributed by atoms with Crippen molar-refractivity contribution in [2.45, 2.75) is 78.6 Å². The van der Waals surface area contributed by atoms with Gasteiger partial charge in [-0.3, -0.25) is 14.4 Å². The van der Waals surface area contributed by atoms with E-state index in [9.17, 15) is 14.4 Å². The topological polar surface area (TPSA) is 110 Å². The fourth-order valence-corrected chi connectivity index (χ4v) is 5.25. The Morgan fingerprint density at radius 3 is 2.51 bits per heavy atom.